The average Bonchev–Trinajstić information content (AvgIpc) is 3.27. The van der Waals surface area contributed by atoms with E-state index in [0.717, 1.165) is 29.6 Å². The molecule has 0 spiro atoms. The van der Waals surface area contributed by atoms with E-state index in [4.69, 9.17) is 4.74 Å². The average molecular weight is 340 g/mol. The lowest BCUT2D eigenvalue weighted by Gasteiger charge is -2.18. The smallest absolute Gasteiger partial charge is 0.0462 e. The SMILES string of the molecule is COCCCCC(CNC1CC1)Cc1ccc(Br)cc1. The van der Waals surface area contributed by atoms with Gasteiger partial charge in [0.15, 0.2) is 0 Å². The van der Waals surface area contributed by atoms with Crippen LogP contribution < -0.4 is 5.32 Å². The van der Waals surface area contributed by atoms with Crippen molar-refractivity contribution in [3.05, 3.63) is 34.3 Å². The molecule has 3 heteroatoms. The quantitative estimate of drug-likeness (QED) is 0.645. The highest BCUT2D eigenvalue weighted by atomic mass is 79.9. The summed E-state index contributed by atoms with van der Waals surface area (Å²) in [6.45, 7) is 2.05. The number of halogens is 1. The molecule has 2 rings (SSSR count). The van der Waals surface area contributed by atoms with Gasteiger partial charge < -0.3 is 10.1 Å². The molecule has 1 saturated carbocycles. The summed E-state index contributed by atoms with van der Waals surface area (Å²) >= 11 is 3.50. The molecule has 2 nitrogen and oxygen atoms in total. The second kappa shape index (κ2) is 8.81. The Hall–Kier alpha value is -0.380. The number of benzene rings is 1. The third-order valence-corrected chi connectivity index (χ3v) is 4.45. The Morgan fingerprint density at radius 3 is 2.65 bits per heavy atom. The van der Waals surface area contributed by atoms with Crippen LogP contribution in [0.25, 0.3) is 0 Å². The van der Waals surface area contributed by atoms with E-state index in [2.05, 4.69) is 45.5 Å². The van der Waals surface area contributed by atoms with Crippen molar-refractivity contribution < 1.29 is 4.74 Å². The fourth-order valence-electron chi connectivity index (χ4n) is 2.53. The summed E-state index contributed by atoms with van der Waals surface area (Å²) in [7, 11) is 1.79. The lowest BCUT2D eigenvalue weighted by Crippen LogP contribution is -2.26. The third kappa shape index (κ3) is 6.38. The predicted octanol–water partition coefficient (Wildman–Crippen LogP) is 4.18. The molecule has 112 valence electrons. The zero-order valence-corrected chi connectivity index (χ0v) is 14.0. The molecule has 1 N–H and O–H groups in total. The summed E-state index contributed by atoms with van der Waals surface area (Å²) in [5.74, 6) is 0.744. The minimum Gasteiger partial charge on any atom is -0.385 e. The Balaban J connectivity index is 1.78. The highest BCUT2D eigenvalue weighted by Crippen LogP contribution is 2.21. The molecule has 0 aromatic heterocycles. The number of unbranched alkanes of at least 4 members (excludes halogenated alkanes) is 1. The van der Waals surface area contributed by atoms with E-state index >= 15 is 0 Å². The molecule has 0 saturated heterocycles. The third-order valence-electron chi connectivity index (χ3n) is 3.92. The first-order valence-electron chi connectivity index (χ1n) is 7.74. The molecule has 1 unspecified atom stereocenters. The molecule has 0 bridgehead atoms. The number of hydrogen-bond donors (Lipinski definition) is 1. The molecule has 1 fully saturated rings. The number of ether oxygens (including phenoxy) is 1. The number of hydrogen-bond acceptors (Lipinski definition) is 2. The minimum absolute atomic E-state index is 0.744. The van der Waals surface area contributed by atoms with Gasteiger partial charge in [0.05, 0.1) is 0 Å². The van der Waals surface area contributed by atoms with Crippen LogP contribution in [0.2, 0.25) is 0 Å². The maximum Gasteiger partial charge on any atom is 0.0462 e. The first-order valence-corrected chi connectivity index (χ1v) is 8.54. The fourth-order valence-corrected chi connectivity index (χ4v) is 2.79. The zero-order chi connectivity index (χ0) is 14.2. The normalized spacial score (nSPS) is 16.3. The second-order valence-electron chi connectivity index (χ2n) is 5.87. The molecule has 1 aromatic carbocycles. The van der Waals surface area contributed by atoms with Gasteiger partial charge in [-0.3, -0.25) is 0 Å². The van der Waals surface area contributed by atoms with E-state index in [1.807, 2.05) is 0 Å². The van der Waals surface area contributed by atoms with Gasteiger partial charge in [-0.1, -0.05) is 34.5 Å². The van der Waals surface area contributed by atoms with Crippen LogP contribution >= 0.6 is 15.9 Å². The lowest BCUT2D eigenvalue weighted by molar-refractivity contribution is 0.190. The van der Waals surface area contributed by atoms with Crippen LogP contribution in [0.3, 0.4) is 0 Å². The molecule has 1 atom stereocenters. The van der Waals surface area contributed by atoms with E-state index in [9.17, 15) is 0 Å². The molecule has 0 heterocycles. The summed E-state index contributed by atoms with van der Waals surface area (Å²) in [5, 5.41) is 3.69. The van der Waals surface area contributed by atoms with Gasteiger partial charge in [0.25, 0.3) is 0 Å². The van der Waals surface area contributed by atoms with Crippen molar-refractivity contribution in [2.45, 2.75) is 44.6 Å². The molecule has 1 aliphatic rings. The van der Waals surface area contributed by atoms with Crippen molar-refractivity contribution in [3.63, 3.8) is 0 Å². The van der Waals surface area contributed by atoms with Gasteiger partial charge in [-0.25, -0.2) is 0 Å². The predicted molar refractivity (Wildman–Crippen MR) is 88.1 cm³/mol. The Kier molecular flexibility index (Phi) is 7.05. The maximum absolute atomic E-state index is 5.14. The van der Waals surface area contributed by atoms with E-state index in [0.29, 0.717) is 0 Å². The summed E-state index contributed by atoms with van der Waals surface area (Å²) in [6, 6.07) is 9.57. The zero-order valence-electron chi connectivity index (χ0n) is 12.4. The van der Waals surface area contributed by atoms with E-state index in [-0.39, 0.29) is 0 Å². The molecule has 0 radical (unpaired) electrons. The lowest BCUT2D eigenvalue weighted by atomic mass is 9.94. The first kappa shape index (κ1) is 16.0. The van der Waals surface area contributed by atoms with Crippen molar-refractivity contribution in [3.8, 4) is 0 Å². The largest absolute Gasteiger partial charge is 0.385 e. The van der Waals surface area contributed by atoms with Crippen molar-refractivity contribution in [2.24, 2.45) is 5.92 Å². The molecule has 0 aliphatic heterocycles. The highest BCUT2D eigenvalue weighted by Gasteiger charge is 2.21. The fraction of sp³-hybridized carbons (Fsp3) is 0.647. The molecule has 20 heavy (non-hydrogen) atoms. The van der Waals surface area contributed by atoms with E-state index in [1.54, 1.807) is 7.11 Å². The molecule has 1 aromatic rings. The molecular weight excluding hydrogens is 314 g/mol. The van der Waals surface area contributed by atoms with Gasteiger partial charge in [0.2, 0.25) is 0 Å². The Morgan fingerprint density at radius 1 is 1.25 bits per heavy atom. The Bertz CT molecular complexity index is 375. The topological polar surface area (TPSA) is 21.3 Å². The van der Waals surface area contributed by atoms with Gasteiger partial charge in [-0.2, -0.15) is 0 Å². The number of nitrogens with one attached hydrogen (secondary N) is 1. The van der Waals surface area contributed by atoms with Crippen LogP contribution in [-0.4, -0.2) is 26.3 Å². The van der Waals surface area contributed by atoms with E-state index < -0.39 is 0 Å². The first-order chi connectivity index (χ1) is 9.78. The molecule has 0 amide bonds. The minimum atomic E-state index is 0.744. The van der Waals surface area contributed by atoms with E-state index in [1.165, 1.54) is 44.1 Å². The summed E-state index contributed by atoms with van der Waals surface area (Å²) in [6.07, 6.45) is 7.65. The van der Waals surface area contributed by atoms with Crippen molar-refractivity contribution in [1.29, 1.82) is 0 Å². The summed E-state index contributed by atoms with van der Waals surface area (Å²) in [5.41, 5.74) is 1.45. The van der Waals surface area contributed by atoms with Crippen molar-refractivity contribution in [2.75, 3.05) is 20.3 Å². The maximum atomic E-state index is 5.14. The highest BCUT2D eigenvalue weighted by molar-refractivity contribution is 9.10. The Morgan fingerprint density at radius 2 is 2.00 bits per heavy atom. The number of methoxy groups -OCH3 is 1. The Labute approximate surface area is 131 Å². The van der Waals surface area contributed by atoms with Gasteiger partial charge in [0, 0.05) is 24.2 Å². The van der Waals surface area contributed by atoms with Crippen LogP contribution in [0.4, 0.5) is 0 Å². The standard InChI is InChI=1S/C17H26BrNO/c1-20-11-3-2-4-15(13-19-17-9-10-17)12-14-5-7-16(18)8-6-14/h5-8,15,17,19H,2-4,9-13H2,1H3. The number of rotatable bonds is 10. The van der Waals surface area contributed by atoms with Crippen LogP contribution in [0.5, 0.6) is 0 Å². The van der Waals surface area contributed by atoms with Gasteiger partial charge in [0.1, 0.15) is 0 Å². The van der Waals surface area contributed by atoms with Crippen LogP contribution in [-0.2, 0) is 11.2 Å². The van der Waals surface area contributed by atoms with Crippen molar-refractivity contribution in [1.82, 2.24) is 5.32 Å². The van der Waals surface area contributed by atoms with Crippen LogP contribution in [0.1, 0.15) is 37.7 Å². The van der Waals surface area contributed by atoms with Crippen molar-refractivity contribution >= 4 is 15.9 Å². The van der Waals surface area contributed by atoms with Gasteiger partial charge >= 0.3 is 0 Å². The van der Waals surface area contributed by atoms with Crippen LogP contribution in [0, 0.1) is 5.92 Å². The summed E-state index contributed by atoms with van der Waals surface area (Å²) in [4.78, 5) is 0. The summed E-state index contributed by atoms with van der Waals surface area (Å²) < 4.78 is 6.30. The van der Waals surface area contributed by atoms with Gasteiger partial charge in [-0.05, 0) is 62.3 Å². The van der Waals surface area contributed by atoms with Gasteiger partial charge in [-0.15, -0.1) is 0 Å². The molecule has 1 aliphatic carbocycles. The molecular formula is C17H26BrNO. The second-order valence-corrected chi connectivity index (χ2v) is 6.78. The monoisotopic (exact) mass is 339 g/mol. The van der Waals surface area contributed by atoms with Crippen LogP contribution in [0.15, 0.2) is 28.7 Å².